The summed E-state index contributed by atoms with van der Waals surface area (Å²) in [6, 6.07) is 9.39. The summed E-state index contributed by atoms with van der Waals surface area (Å²) in [6.45, 7) is 0.613. The number of benzene rings is 1. The number of hydrogen-bond donors (Lipinski definition) is 2. The summed E-state index contributed by atoms with van der Waals surface area (Å²) < 4.78 is 42.5. The molecule has 42 heavy (non-hydrogen) atoms. The van der Waals surface area contributed by atoms with Gasteiger partial charge in [-0.1, -0.05) is 37.8 Å². The van der Waals surface area contributed by atoms with Gasteiger partial charge in [0.25, 0.3) is 0 Å². The lowest BCUT2D eigenvalue weighted by Crippen LogP contribution is -2.37. The van der Waals surface area contributed by atoms with Gasteiger partial charge < -0.3 is 10.4 Å². The molecule has 0 bridgehead atoms. The quantitative estimate of drug-likeness (QED) is 0.308. The number of aliphatic hydroxyl groups is 1. The fourth-order valence-electron chi connectivity index (χ4n) is 4.91. The number of pyridine rings is 1. The SMILES string of the molecule is CC1(C(=O)Nc2ncccc2-n2cnc(Cn3nc(-c4ccc(Cl)cc4)n(C[C@H](O)C(F)(F)F)c3=O)n2)CCCCC1. The highest BCUT2D eigenvalue weighted by molar-refractivity contribution is 6.30. The van der Waals surface area contributed by atoms with Gasteiger partial charge in [0.15, 0.2) is 23.6 Å². The largest absolute Gasteiger partial charge is 0.416 e. The molecular weight excluding hydrogens is 577 g/mol. The van der Waals surface area contributed by atoms with Crippen LogP contribution in [-0.2, 0) is 17.9 Å². The van der Waals surface area contributed by atoms with Crippen molar-refractivity contribution in [2.45, 2.75) is 64.4 Å². The van der Waals surface area contributed by atoms with Gasteiger partial charge in [-0.25, -0.2) is 24.1 Å². The van der Waals surface area contributed by atoms with Gasteiger partial charge in [0.05, 0.1) is 6.54 Å². The van der Waals surface area contributed by atoms with Crippen molar-refractivity contribution in [2.24, 2.45) is 5.41 Å². The van der Waals surface area contributed by atoms with Gasteiger partial charge in [0.1, 0.15) is 18.6 Å². The summed E-state index contributed by atoms with van der Waals surface area (Å²) in [5, 5.41) is 21.6. The van der Waals surface area contributed by atoms with Crippen molar-refractivity contribution < 1.29 is 23.1 Å². The average Bonchev–Trinajstić information content (AvgIpc) is 3.54. The number of amides is 1. The molecule has 2 N–H and O–H groups in total. The van der Waals surface area contributed by atoms with Gasteiger partial charge in [-0.2, -0.15) is 13.2 Å². The van der Waals surface area contributed by atoms with Gasteiger partial charge >= 0.3 is 11.9 Å². The van der Waals surface area contributed by atoms with Crippen LogP contribution in [0.2, 0.25) is 5.02 Å². The van der Waals surface area contributed by atoms with Crippen LogP contribution >= 0.6 is 11.6 Å². The molecule has 0 unspecified atom stereocenters. The Kier molecular flexibility index (Phi) is 8.19. The first-order valence-electron chi connectivity index (χ1n) is 13.3. The molecular formula is C27H28ClF3N8O3. The zero-order valence-electron chi connectivity index (χ0n) is 22.6. The average molecular weight is 605 g/mol. The lowest BCUT2D eigenvalue weighted by Gasteiger charge is -2.32. The van der Waals surface area contributed by atoms with E-state index in [0.717, 1.165) is 41.4 Å². The van der Waals surface area contributed by atoms with E-state index in [-0.39, 0.29) is 24.1 Å². The summed E-state index contributed by atoms with van der Waals surface area (Å²) >= 11 is 5.94. The Morgan fingerprint density at radius 2 is 1.83 bits per heavy atom. The number of aliphatic hydroxyl groups excluding tert-OH is 1. The van der Waals surface area contributed by atoms with Crippen molar-refractivity contribution in [3.63, 3.8) is 0 Å². The van der Waals surface area contributed by atoms with Crippen LogP contribution in [0.25, 0.3) is 17.1 Å². The van der Waals surface area contributed by atoms with E-state index in [1.54, 1.807) is 18.3 Å². The minimum Gasteiger partial charge on any atom is -0.382 e. The highest BCUT2D eigenvalue weighted by Crippen LogP contribution is 2.37. The number of carbonyl (C=O) groups excluding carboxylic acids is 1. The van der Waals surface area contributed by atoms with Crippen LogP contribution in [0.4, 0.5) is 19.0 Å². The number of anilines is 1. The highest BCUT2D eigenvalue weighted by Gasteiger charge is 2.39. The Bertz CT molecular complexity index is 1620. The van der Waals surface area contributed by atoms with E-state index in [2.05, 4.69) is 25.5 Å². The Balaban J connectivity index is 1.42. The Morgan fingerprint density at radius 3 is 2.52 bits per heavy atom. The summed E-state index contributed by atoms with van der Waals surface area (Å²) in [5.41, 5.74) is -0.626. The second-order valence-electron chi connectivity index (χ2n) is 10.5. The zero-order chi connectivity index (χ0) is 30.1. The fraction of sp³-hybridized carbons (Fsp3) is 0.407. The van der Waals surface area contributed by atoms with E-state index in [1.807, 2.05) is 6.92 Å². The molecule has 0 saturated heterocycles. The van der Waals surface area contributed by atoms with Crippen molar-refractivity contribution in [1.82, 2.24) is 34.1 Å². The number of carbonyl (C=O) groups is 1. The molecule has 15 heteroatoms. The first-order valence-corrected chi connectivity index (χ1v) is 13.7. The maximum atomic E-state index is 13.2. The van der Waals surface area contributed by atoms with Crippen LogP contribution in [0, 0.1) is 5.41 Å². The first-order chi connectivity index (χ1) is 19.9. The molecule has 5 rings (SSSR count). The van der Waals surface area contributed by atoms with Gasteiger partial charge in [-0.15, -0.1) is 10.2 Å². The van der Waals surface area contributed by atoms with Gasteiger partial charge in [0.2, 0.25) is 5.91 Å². The second kappa shape index (κ2) is 11.7. The van der Waals surface area contributed by atoms with Crippen molar-refractivity contribution in [2.75, 3.05) is 5.32 Å². The van der Waals surface area contributed by atoms with Crippen LogP contribution in [0.15, 0.2) is 53.7 Å². The number of nitrogens with zero attached hydrogens (tertiary/aromatic N) is 7. The van der Waals surface area contributed by atoms with Crippen LogP contribution in [0.1, 0.15) is 44.9 Å². The molecule has 11 nitrogen and oxygen atoms in total. The monoisotopic (exact) mass is 604 g/mol. The molecule has 0 spiro atoms. The van der Waals surface area contributed by atoms with E-state index in [4.69, 9.17) is 11.6 Å². The van der Waals surface area contributed by atoms with E-state index in [1.165, 1.54) is 35.3 Å². The number of alkyl halides is 3. The third kappa shape index (κ3) is 6.23. The van der Waals surface area contributed by atoms with E-state index in [0.29, 0.717) is 22.1 Å². The molecule has 3 aromatic heterocycles. The smallest absolute Gasteiger partial charge is 0.382 e. The molecule has 1 aliphatic rings. The van der Waals surface area contributed by atoms with Gasteiger partial charge in [-0.3, -0.25) is 9.36 Å². The molecule has 222 valence electrons. The van der Waals surface area contributed by atoms with E-state index >= 15 is 0 Å². The second-order valence-corrected chi connectivity index (χ2v) is 10.9. The lowest BCUT2D eigenvalue weighted by molar-refractivity contribution is -0.207. The third-order valence-electron chi connectivity index (χ3n) is 7.36. The predicted molar refractivity (Wildman–Crippen MR) is 147 cm³/mol. The zero-order valence-corrected chi connectivity index (χ0v) is 23.3. The maximum absolute atomic E-state index is 13.2. The molecule has 1 fully saturated rings. The standard InChI is InChI=1S/C27H28ClF3N8O3/c1-26(11-3-2-4-12-26)24(41)34-22-19(6-5-13-32-22)39-16-33-21(35-39)15-38-25(42)37(14-20(40)27(29,30)31)23(36-38)17-7-9-18(28)10-8-17/h5-10,13,16,20,40H,2-4,11-12,14-15H2,1H3,(H,32,34,41)/t20-/m0/s1. The summed E-state index contributed by atoms with van der Waals surface area (Å²) in [6.07, 6.45) is -0.173. The molecule has 1 atom stereocenters. The first kappa shape index (κ1) is 29.5. The minimum absolute atomic E-state index is 0.0899. The van der Waals surface area contributed by atoms with Gasteiger partial charge in [0, 0.05) is 22.2 Å². The number of nitrogens with one attached hydrogen (secondary N) is 1. The van der Waals surface area contributed by atoms with Crippen molar-refractivity contribution in [3.05, 3.63) is 70.3 Å². The lowest BCUT2D eigenvalue weighted by atomic mass is 9.75. The summed E-state index contributed by atoms with van der Waals surface area (Å²) in [7, 11) is 0. The molecule has 1 aliphatic carbocycles. The third-order valence-corrected chi connectivity index (χ3v) is 7.61. The van der Waals surface area contributed by atoms with Gasteiger partial charge in [-0.05, 0) is 49.2 Å². The molecule has 0 radical (unpaired) electrons. The number of rotatable bonds is 8. The minimum atomic E-state index is -4.94. The predicted octanol–water partition coefficient (Wildman–Crippen LogP) is 4.22. The Hall–Kier alpha value is -4.04. The highest BCUT2D eigenvalue weighted by atomic mass is 35.5. The Labute approximate surface area is 243 Å². The maximum Gasteiger partial charge on any atom is 0.416 e. The summed E-state index contributed by atoms with van der Waals surface area (Å²) in [5.74, 6) is 0.197. The topological polar surface area (TPSA) is 133 Å². The number of hydrogen-bond acceptors (Lipinski definition) is 7. The Morgan fingerprint density at radius 1 is 1.12 bits per heavy atom. The van der Waals surface area contributed by atoms with E-state index in [9.17, 15) is 27.9 Å². The molecule has 1 aromatic carbocycles. The van der Waals surface area contributed by atoms with Crippen LogP contribution in [-0.4, -0.2) is 57.4 Å². The number of aromatic nitrogens is 7. The van der Waals surface area contributed by atoms with Crippen LogP contribution < -0.4 is 11.0 Å². The fourth-order valence-corrected chi connectivity index (χ4v) is 5.04. The molecule has 4 aromatic rings. The molecule has 3 heterocycles. The van der Waals surface area contributed by atoms with Crippen molar-refractivity contribution in [1.29, 1.82) is 0 Å². The molecule has 1 saturated carbocycles. The van der Waals surface area contributed by atoms with Crippen LogP contribution in [0.5, 0.6) is 0 Å². The van der Waals surface area contributed by atoms with Crippen molar-refractivity contribution >= 4 is 23.3 Å². The van der Waals surface area contributed by atoms with Crippen molar-refractivity contribution in [3.8, 4) is 17.1 Å². The van der Waals surface area contributed by atoms with E-state index < -0.39 is 29.9 Å². The van der Waals surface area contributed by atoms with Crippen LogP contribution in [0.3, 0.4) is 0 Å². The molecule has 1 amide bonds. The summed E-state index contributed by atoms with van der Waals surface area (Å²) in [4.78, 5) is 34.8. The molecule has 0 aliphatic heterocycles. The normalized spacial score (nSPS) is 15.9. The number of halogens is 4.